The average molecular weight is 374 g/mol. The smallest absolute Gasteiger partial charge is 0.220 e. The van der Waals surface area contributed by atoms with E-state index in [4.69, 9.17) is 9.47 Å². The predicted molar refractivity (Wildman–Crippen MR) is 105 cm³/mol. The molecule has 2 aliphatic heterocycles. The number of aliphatic imine (C=N–C) groups is 1. The van der Waals surface area contributed by atoms with E-state index < -0.39 is 0 Å². The molecule has 0 spiro atoms. The Kier molecular flexibility index (Phi) is 6.79. The minimum absolute atomic E-state index is 0.130. The predicted octanol–water partition coefficient (Wildman–Crippen LogP) is 1.77. The molecule has 1 aromatic carbocycles. The van der Waals surface area contributed by atoms with E-state index in [1.165, 1.54) is 0 Å². The number of likely N-dealkylation sites (tertiary alicyclic amines) is 1. The Morgan fingerprint density at radius 2 is 1.96 bits per heavy atom. The molecular formula is C20H30N4O3. The van der Waals surface area contributed by atoms with Gasteiger partial charge in [-0.05, 0) is 36.5 Å². The highest BCUT2D eigenvalue weighted by Gasteiger charge is 2.23. The van der Waals surface area contributed by atoms with Gasteiger partial charge in [-0.3, -0.25) is 9.79 Å². The minimum Gasteiger partial charge on any atom is -0.490 e. The Bertz CT molecular complexity index is 669. The molecule has 0 aromatic heterocycles. The topological polar surface area (TPSA) is 75.2 Å². The minimum atomic E-state index is 0.130. The van der Waals surface area contributed by atoms with Gasteiger partial charge in [0.15, 0.2) is 17.5 Å². The standard InChI is InChI=1S/C20H30N4O3/c1-21-19(25)13-15-6-8-24(9-7-15)20(22-2)23-14-16-4-5-17-18(12-16)27-11-3-10-26-17/h4-5,12,15H,3,6-11,13-14H2,1-2H3,(H,21,25)(H,22,23). The molecule has 148 valence electrons. The summed E-state index contributed by atoms with van der Waals surface area (Å²) in [6.45, 7) is 3.91. The van der Waals surface area contributed by atoms with Gasteiger partial charge in [-0.2, -0.15) is 0 Å². The average Bonchev–Trinajstić information content (AvgIpc) is 2.94. The highest BCUT2D eigenvalue weighted by molar-refractivity contribution is 5.80. The first-order valence-corrected chi connectivity index (χ1v) is 9.74. The third-order valence-electron chi connectivity index (χ3n) is 5.14. The SMILES string of the molecule is CN=C(NCc1ccc2c(c1)OCCCO2)N1CCC(CC(=O)NC)CC1. The first-order chi connectivity index (χ1) is 13.2. The molecule has 1 fully saturated rings. The van der Waals surface area contributed by atoms with E-state index in [1.807, 2.05) is 19.2 Å². The molecular weight excluding hydrogens is 344 g/mol. The summed E-state index contributed by atoms with van der Waals surface area (Å²) in [6.07, 6.45) is 3.55. The summed E-state index contributed by atoms with van der Waals surface area (Å²) < 4.78 is 11.5. The maximum Gasteiger partial charge on any atom is 0.220 e. The number of carbonyl (C=O) groups excluding carboxylic acids is 1. The van der Waals surface area contributed by atoms with Crippen molar-refractivity contribution in [2.75, 3.05) is 40.4 Å². The number of hydrogen-bond donors (Lipinski definition) is 2. The van der Waals surface area contributed by atoms with E-state index in [0.29, 0.717) is 32.1 Å². The van der Waals surface area contributed by atoms with Crippen molar-refractivity contribution < 1.29 is 14.3 Å². The van der Waals surface area contributed by atoms with Gasteiger partial charge in [-0.25, -0.2) is 0 Å². The summed E-state index contributed by atoms with van der Waals surface area (Å²) in [5.41, 5.74) is 1.13. The van der Waals surface area contributed by atoms with E-state index >= 15 is 0 Å². The van der Waals surface area contributed by atoms with Crippen LogP contribution in [0.5, 0.6) is 11.5 Å². The first-order valence-electron chi connectivity index (χ1n) is 9.74. The van der Waals surface area contributed by atoms with E-state index in [2.05, 4.69) is 26.6 Å². The lowest BCUT2D eigenvalue weighted by molar-refractivity contribution is -0.121. The van der Waals surface area contributed by atoms with Crippen molar-refractivity contribution in [1.82, 2.24) is 15.5 Å². The number of nitrogens with one attached hydrogen (secondary N) is 2. The van der Waals surface area contributed by atoms with Crippen molar-refractivity contribution >= 4 is 11.9 Å². The second kappa shape index (κ2) is 9.48. The number of benzene rings is 1. The van der Waals surface area contributed by atoms with Crippen LogP contribution in [0.3, 0.4) is 0 Å². The summed E-state index contributed by atoms with van der Waals surface area (Å²) in [5.74, 6) is 3.13. The number of fused-ring (bicyclic) bond motifs is 1. The number of ether oxygens (including phenoxy) is 2. The van der Waals surface area contributed by atoms with Crippen molar-refractivity contribution in [1.29, 1.82) is 0 Å². The molecule has 0 bridgehead atoms. The first kappa shape index (κ1) is 19.3. The molecule has 2 N–H and O–H groups in total. The summed E-state index contributed by atoms with van der Waals surface area (Å²) >= 11 is 0. The van der Waals surface area contributed by atoms with Gasteiger partial charge in [0.05, 0.1) is 13.2 Å². The monoisotopic (exact) mass is 374 g/mol. The maximum atomic E-state index is 11.6. The molecule has 0 radical (unpaired) electrons. The normalized spacial score (nSPS) is 18.0. The Hall–Kier alpha value is -2.44. The fourth-order valence-corrected chi connectivity index (χ4v) is 3.54. The molecule has 0 saturated carbocycles. The third kappa shape index (κ3) is 5.28. The number of nitrogens with zero attached hydrogens (tertiary/aromatic N) is 2. The lowest BCUT2D eigenvalue weighted by atomic mass is 9.93. The zero-order valence-corrected chi connectivity index (χ0v) is 16.3. The third-order valence-corrected chi connectivity index (χ3v) is 5.14. The van der Waals surface area contributed by atoms with Crippen molar-refractivity contribution in [2.24, 2.45) is 10.9 Å². The zero-order valence-electron chi connectivity index (χ0n) is 16.3. The zero-order chi connectivity index (χ0) is 19.1. The molecule has 27 heavy (non-hydrogen) atoms. The lowest BCUT2D eigenvalue weighted by Crippen LogP contribution is -2.45. The van der Waals surface area contributed by atoms with Crippen molar-refractivity contribution in [3.8, 4) is 11.5 Å². The number of amides is 1. The van der Waals surface area contributed by atoms with E-state index in [1.54, 1.807) is 7.05 Å². The quantitative estimate of drug-likeness (QED) is 0.621. The van der Waals surface area contributed by atoms with E-state index in [0.717, 1.165) is 55.4 Å². The fourth-order valence-electron chi connectivity index (χ4n) is 3.54. The number of piperidine rings is 1. The molecule has 1 saturated heterocycles. The van der Waals surface area contributed by atoms with Crippen LogP contribution in [0, 0.1) is 5.92 Å². The van der Waals surface area contributed by atoms with Gasteiger partial charge >= 0.3 is 0 Å². The van der Waals surface area contributed by atoms with Crippen LogP contribution in [0.4, 0.5) is 0 Å². The summed E-state index contributed by atoms with van der Waals surface area (Å²) in [6, 6.07) is 6.07. The molecule has 0 aliphatic carbocycles. The molecule has 1 amide bonds. The highest BCUT2D eigenvalue weighted by Crippen LogP contribution is 2.30. The second-order valence-corrected chi connectivity index (χ2v) is 7.04. The molecule has 2 heterocycles. The molecule has 1 aromatic rings. The lowest BCUT2D eigenvalue weighted by Gasteiger charge is -2.34. The van der Waals surface area contributed by atoms with Crippen LogP contribution >= 0.6 is 0 Å². The van der Waals surface area contributed by atoms with Crippen LogP contribution in [0.15, 0.2) is 23.2 Å². The summed E-state index contributed by atoms with van der Waals surface area (Å²) in [7, 11) is 3.51. The van der Waals surface area contributed by atoms with Crippen LogP contribution < -0.4 is 20.1 Å². The molecule has 7 heteroatoms. The van der Waals surface area contributed by atoms with Crippen LogP contribution in [0.2, 0.25) is 0 Å². The van der Waals surface area contributed by atoms with Crippen LogP contribution in [-0.2, 0) is 11.3 Å². The van der Waals surface area contributed by atoms with Gasteiger partial charge in [-0.1, -0.05) is 6.07 Å². The highest BCUT2D eigenvalue weighted by atomic mass is 16.5. The van der Waals surface area contributed by atoms with Crippen LogP contribution in [0.25, 0.3) is 0 Å². The maximum absolute atomic E-state index is 11.6. The van der Waals surface area contributed by atoms with Crippen molar-refractivity contribution in [2.45, 2.75) is 32.2 Å². The van der Waals surface area contributed by atoms with Crippen molar-refractivity contribution in [3.05, 3.63) is 23.8 Å². The van der Waals surface area contributed by atoms with Gasteiger partial charge in [0, 0.05) is 46.6 Å². The molecule has 0 atom stereocenters. The molecule has 3 rings (SSSR count). The van der Waals surface area contributed by atoms with Crippen LogP contribution in [0.1, 0.15) is 31.2 Å². The molecule has 7 nitrogen and oxygen atoms in total. The Morgan fingerprint density at radius 1 is 1.22 bits per heavy atom. The van der Waals surface area contributed by atoms with Gasteiger partial charge in [0.25, 0.3) is 0 Å². The summed E-state index contributed by atoms with van der Waals surface area (Å²) in [5, 5.41) is 6.16. The number of hydrogen-bond acceptors (Lipinski definition) is 4. The molecule has 0 unspecified atom stereocenters. The number of carbonyl (C=O) groups is 1. The van der Waals surface area contributed by atoms with E-state index in [9.17, 15) is 4.79 Å². The fraction of sp³-hybridized carbons (Fsp3) is 0.600. The van der Waals surface area contributed by atoms with Gasteiger partial charge in [0.1, 0.15) is 0 Å². The Balaban J connectivity index is 1.51. The number of rotatable bonds is 4. The van der Waals surface area contributed by atoms with Gasteiger partial charge in [0.2, 0.25) is 5.91 Å². The largest absolute Gasteiger partial charge is 0.490 e. The van der Waals surface area contributed by atoms with Gasteiger partial charge < -0.3 is 25.0 Å². The Labute approximate surface area is 161 Å². The second-order valence-electron chi connectivity index (χ2n) is 7.04. The number of guanidine groups is 1. The van der Waals surface area contributed by atoms with Crippen molar-refractivity contribution in [3.63, 3.8) is 0 Å². The Morgan fingerprint density at radius 3 is 2.67 bits per heavy atom. The van der Waals surface area contributed by atoms with E-state index in [-0.39, 0.29) is 5.91 Å². The summed E-state index contributed by atoms with van der Waals surface area (Å²) in [4.78, 5) is 18.2. The van der Waals surface area contributed by atoms with Crippen LogP contribution in [-0.4, -0.2) is 57.2 Å². The molecule has 2 aliphatic rings. The van der Waals surface area contributed by atoms with Gasteiger partial charge in [-0.15, -0.1) is 0 Å².